The lowest BCUT2D eigenvalue weighted by molar-refractivity contribution is -0.122. The van der Waals surface area contributed by atoms with Crippen molar-refractivity contribution in [1.82, 2.24) is 25.8 Å². The van der Waals surface area contributed by atoms with E-state index in [4.69, 9.17) is 9.47 Å². The first-order valence-corrected chi connectivity index (χ1v) is 7.72. The molecule has 2 amide bonds. The molecule has 26 heavy (non-hydrogen) atoms. The average Bonchev–Trinajstić information content (AvgIpc) is 3.08. The summed E-state index contributed by atoms with van der Waals surface area (Å²) in [6.45, 7) is -0.0767. The number of methoxy groups -OCH3 is 2. The molecule has 0 fully saturated rings. The van der Waals surface area contributed by atoms with Crippen LogP contribution in [0.2, 0.25) is 0 Å². The molecule has 2 N–H and O–H groups in total. The Bertz CT molecular complexity index is 953. The first-order chi connectivity index (χ1) is 12.6. The van der Waals surface area contributed by atoms with Gasteiger partial charge >= 0.3 is 0 Å². The Hall–Kier alpha value is -3.62. The van der Waals surface area contributed by atoms with Crippen LogP contribution in [0.5, 0.6) is 11.5 Å². The predicted octanol–water partition coefficient (Wildman–Crippen LogP) is 0.910. The Kier molecular flexibility index (Phi) is 4.97. The highest BCUT2D eigenvalue weighted by Gasteiger charge is 2.13. The first-order valence-electron chi connectivity index (χ1n) is 7.72. The van der Waals surface area contributed by atoms with E-state index >= 15 is 0 Å². The predicted molar refractivity (Wildman–Crippen MR) is 92.7 cm³/mol. The van der Waals surface area contributed by atoms with Crippen molar-refractivity contribution in [2.24, 2.45) is 0 Å². The largest absolute Gasteiger partial charge is 0.493 e. The number of nitrogens with one attached hydrogen (secondary N) is 2. The van der Waals surface area contributed by atoms with Crippen molar-refractivity contribution in [3.63, 3.8) is 0 Å². The number of fused-ring (bicyclic) bond motifs is 1. The third-order valence-electron chi connectivity index (χ3n) is 3.67. The van der Waals surface area contributed by atoms with Gasteiger partial charge in [0.05, 0.1) is 19.7 Å². The molecule has 0 radical (unpaired) electrons. The fourth-order valence-electron chi connectivity index (χ4n) is 2.39. The smallest absolute Gasteiger partial charge is 0.269 e. The second-order valence-corrected chi connectivity index (χ2v) is 5.31. The lowest BCUT2D eigenvalue weighted by Crippen LogP contribution is -2.43. The summed E-state index contributed by atoms with van der Waals surface area (Å²) in [4.78, 5) is 24.2. The summed E-state index contributed by atoms with van der Waals surface area (Å²) in [5, 5.41) is 7.89. The van der Waals surface area contributed by atoms with Crippen molar-refractivity contribution >= 4 is 22.8 Å². The van der Waals surface area contributed by atoms with Crippen LogP contribution >= 0.6 is 0 Å². The van der Waals surface area contributed by atoms with Crippen molar-refractivity contribution in [2.75, 3.05) is 14.2 Å². The number of benzene rings is 2. The number of para-hydroxylation sites is 1. The molecule has 0 spiro atoms. The molecular formula is C17H17N5O4. The van der Waals surface area contributed by atoms with Gasteiger partial charge in [-0.25, -0.2) is 4.68 Å². The number of amides is 2. The Labute approximate surface area is 148 Å². The van der Waals surface area contributed by atoms with Crippen molar-refractivity contribution in [1.29, 1.82) is 0 Å². The molecule has 9 heteroatoms. The number of carbonyl (C=O) groups is 2. The van der Waals surface area contributed by atoms with Crippen molar-refractivity contribution < 1.29 is 19.1 Å². The molecule has 134 valence electrons. The van der Waals surface area contributed by atoms with Crippen molar-refractivity contribution in [3.8, 4) is 11.5 Å². The van der Waals surface area contributed by atoms with Crippen LogP contribution in [0, 0.1) is 0 Å². The van der Waals surface area contributed by atoms with E-state index in [2.05, 4.69) is 21.2 Å². The third kappa shape index (κ3) is 3.56. The van der Waals surface area contributed by atoms with Crippen LogP contribution in [-0.4, -0.2) is 41.0 Å². The number of hydrogen-bond acceptors (Lipinski definition) is 6. The highest BCUT2D eigenvalue weighted by Crippen LogP contribution is 2.27. The molecule has 0 saturated heterocycles. The van der Waals surface area contributed by atoms with Gasteiger partial charge in [-0.05, 0) is 30.3 Å². The molecule has 3 rings (SSSR count). The van der Waals surface area contributed by atoms with Gasteiger partial charge in [-0.15, -0.1) is 5.10 Å². The van der Waals surface area contributed by atoms with Crippen LogP contribution in [-0.2, 0) is 11.3 Å². The van der Waals surface area contributed by atoms with E-state index in [0.717, 1.165) is 5.52 Å². The molecule has 2 aromatic carbocycles. The third-order valence-corrected chi connectivity index (χ3v) is 3.67. The SMILES string of the molecule is COc1ccc(C(=O)NNC(=O)Cn2nnc3ccccc32)cc1OC. The van der Waals surface area contributed by atoms with E-state index < -0.39 is 11.8 Å². The van der Waals surface area contributed by atoms with E-state index in [1.54, 1.807) is 18.2 Å². The van der Waals surface area contributed by atoms with E-state index in [1.165, 1.54) is 25.0 Å². The zero-order chi connectivity index (χ0) is 18.5. The number of carbonyl (C=O) groups excluding carboxylic acids is 2. The molecule has 0 saturated carbocycles. The van der Waals surface area contributed by atoms with Gasteiger partial charge in [-0.3, -0.25) is 20.4 Å². The minimum Gasteiger partial charge on any atom is -0.493 e. The van der Waals surface area contributed by atoms with Gasteiger partial charge in [-0.1, -0.05) is 17.3 Å². The summed E-state index contributed by atoms with van der Waals surface area (Å²) in [5.74, 6) is 0.00365. The zero-order valence-electron chi connectivity index (χ0n) is 14.2. The summed E-state index contributed by atoms with van der Waals surface area (Å²) < 4.78 is 11.7. The van der Waals surface area contributed by atoms with Gasteiger partial charge in [0.1, 0.15) is 12.1 Å². The summed E-state index contributed by atoms with van der Waals surface area (Å²) in [7, 11) is 2.98. The molecule has 3 aromatic rings. The van der Waals surface area contributed by atoms with E-state index in [9.17, 15) is 9.59 Å². The highest BCUT2D eigenvalue weighted by atomic mass is 16.5. The van der Waals surface area contributed by atoms with Crippen molar-refractivity contribution in [3.05, 3.63) is 48.0 Å². The molecule has 9 nitrogen and oxygen atoms in total. The zero-order valence-corrected chi connectivity index (χ0v) is 14.2. The van der Waals surface area contributed by atoms with Crippen molar-refractivity contribution in [2.45, 2.75) is 6.54 Å². The lowest BCUT2D eigenvalue weighted by Gasteiger charge is -2.10. The molecule has 0 aliphatic carbocycles. The fraction of sp³-hybridized carbons (Fsp3) is 0.176. The van der Waals surface area contributed by atoms with E-state index in [0.29, 0.717) is 22.6 Å². The van der Waals surface area contributed by atoms with Crippen LogP contribution in [0.3, 0.4) is 0 Å². The second kappa shape index (κ2) is 7.51. The lowest BCUT2D eigenvalue weighted by atomic mass is 10.2. The van der Waals surface area contributed by atoms with Gasteiger partial charge in [0.15, 0.2) is 11.5 Å². The van der Waals surface area contributed by atoms with Crippen LogP contribution in [0.15, 0.2) is 42.5 Å². The average molecular weight is 355 g/mol. The van der Waals surface area contributed by atoms with Crippen LogP contribution < -0.4 is 20.3 Å². The number of ether oxygens (including phenoxy) is 2. The maximum absolute atomic E-state index is 12.2. The minimum atomic E-state index is -0.484. The summed E-state index contributed by atoms with van der Waals surface area (Å²) >= 11 is 0. The van der Waals surface area contributed by atoms with Gasteiger partial charge in [-0.2, -0.15) is 0 Å². The first kappa shape index (κ1) is 17.2. The number of aromatic nitrogens is 3. The van der Waals surface area contributed by atoms with Gasteiger partial charge in [0.2, 0.25) is 0 Å². The van der Waals surface area contributed by atoms with Crippen LogP contribution in [0.1, 0.15) is 10.4 Å². The quantitative estimate of drug-likeness (QED) is 0.659. The summed E-state index contributed by atoms with van der Waals surface area (Å²) in [5.41, 5.74) is 6.44. The molecule has 0 atom stereocenters. The van der Waals surface area contributed by atoms with E-state index in [-0.39, 0.29) is 6.54 Å². The van der Waals surface area contributed by atoms with Crippen LogP contribution in [0.4, 0.5) is 0 Å². The Morgan fingerprint density at radius 1 is 1.04 bits per heavy atom. The number of hydrazine groups is 1. The fourth-order valence-corrected chi connectivity index (χ4v) is 2.39. The molecule has 0 aliphatic rings. The maximum atomic E-state index is 12.2. The molecule has 1 heterocycles. The topological polar surface area (TPSA) is 107 Å². The molecule has 0 aliphatic heterocycles. The summed E-state index contributed by atoms with van der Waals surface area (Å²) in [6, 6.07) is 12.0. The Morgan fingerprint density at radius 2 is 1.81 bits per heavy atom. The number of nitrogens with zero attached hydrogens (tertiary/aromatic N) is 3. The molecule has 0 unspecified atom stereocenters. The summed E-state index contributed by atoms with van der Waals surface area (Å²) in [6.07, 6.45) is 0. The maximum Gasteiger partial charge on any atom is 0.269 e. The molecular weight excluding hydrogens is 338 g/mol. The van der Waals surface area contributed by atoms with Gasteiger partial charge in [0.25, 0.3) is 11.8 Å². The van der Waals surface area contributed by atoms with Crippen LogP contribution in [0.25, 0.3) is 11.0 Å². The van der Waals surface area contributed by atoms with Gasteiger partial charge < -0.3 is 9.47 Å². The molecule has 1 aromatic heterocycles. The normalized spacial score (nSPS) is 10.4. The number of rotatable bonds is 5. The standard InChI is InChI=1S/C17H17N5O4/c1-25-14-8-7-11(9-15(14)26-2)17(24)20-19-16(23)10-22-13-6-4-3-5-12(13)18-21-22/h3-9H,10H2,1-2H3,(H,19,23)(H,20,24). The molecule has 0 bridgehead atoms. The number of hydrogen-bond donors (Lipinski definition) is 2. The highest BCUT2D eigenvalue weighted by molar-refractivity contribution is 5.96. The minimum absolute atomic E-state index is 0.0767. The van der Waals surface area contributed by atoms with E-state index in [1.807, 2.05) is 18.2 Å². The Balaban J connectivity index is 1.61. The second-order valence-electron chi connectivity index (χ2n) is 5.31. The van der Waals surface area contributed by atoms with Gasteiger partial charge in [0, 0.05) is 5.56 Å². The Morgan fingerprint density at radius 3 is 2.58 bits per heavy atom. The monoisotopic (exact) mass is 355 g/mol.